The van der Waals surface area contributed by atoms with E-state index in [2.05, 4.69) is 0 Å². The van der Waals surface area contributed by atoms with Gasteiger partial charge in [0.15, 0.2) is 0 Å². The standard InChI is InChI=1S/C16H29ClO4/c1-2-12-20-15(18)14-16(19)21-13-10-8-6-4-3-5-7-9-11-17/h2-14H2,1H3. The molecule has 0 aromatic heterocycles. The van der Waals surface area contributed by atoms with Crippen LogP contribution >= 0.6 is 11.6 Å². The van der Waals surface area contributed by atoms with Gasteiger partial charge in [-0.25, -0.2) is 0 Å². The predicted molar refractivity (Wildman–Crippen MR) is 84.5 cm³/mol. The van der Waals surface area contributed by atoms with Crippen LogP contribution in [0.3, 0.4) is 0 Å². The molecular formula is C16H29ClO4. The molecule has 0 atom stereocenters. The Labute approximate surface area is 133 Å². The molecule has 124 valence electrons. The number of hydrogen-bond acceptors (Lipinski definition) is 4. The van der Waals surface area contributed by atoms with Crippen molar-refractivity contribution in [1.82, 2.24) is 0 Å². The summed E-state index contributed by atoms with van der Waals surface area (Å²) in [5.41, 5.74) is 0. The lowest BCUT2D eigenvalue weighted by atomic mass is 10.1. The van der Waals surface area contributed by atoms with E-state index in [1.165, 1.54) is 25.7 Å². The summed E-state index contributed by atoms with van der Waals surface area (Å²) in [6.45, 7) is 2.66. The molecule has 0 saturated carbocycles. The molecule has 0 amide bonds. The van der Waals surface area contributed by atoms with Gasteiger partial charge >= 0.3 is 11.9 Å². The van der Waals surface area contributed by atoms with E-state index in [0.29, 0.717) is 13.2 Å². The normalized spacial score (nSPS) is 10.4. The van der Waals surface area contributed by atoms with Gasteiger partial charge in [0.1, 0.15) is 6.42 Å². The Morgan fingerprint density at radius 2 is 1.24 bits per heavy atom. The number of rotatable bonds is 14. The minimum absolute atomic E-state index is 0.277. The number of esters is 2. The lowest BCUT2D eigenvalue weighted by Crippen LogP contribution is -2.14. The number of carbonyl (C=O) groups excluding carboxylic acids is 2. The molecule has 0 aromatic carbocycles. The van der Waals surface area contributed by atoms with Gasteiger partial charge in [0, 0.05) is 5.88 Å². The van der Waals surface area contributed by atoms with E-state index in [1.54, 1.807) is 0 Å². The van der Waals surface area contributed by atoms with Crippen LogP contribution < -0.4 is 0 Å². The van der Waals surface area contributed by atoms with Crippen LogP contribution in [-0.2, 0) is 19.1 Å². The summed E-state index contributed by atoms with van der Waals surface area (Å²) in [6, 6.07) is 0. The molecule has 0 aliphatic carbocycles. The first-order valence-corrected chi connectivity index (χ1v) is 8.61. The molecule has 0 spiro atoms. The van der Waals surface area contributed by atoms with Crippen LogP contribution in [0.5, 0.6) is 0 Å². The van der Waals surface area contributed by atoms with Crippen molar-refractivity contribution in [3.8, 4) is 0 Å². The highest BCUT2D eigenvalue weighted by molar-refractivity contribution is 6.17. The largest absolute Gasteiger partial charge is 0.465 e. The van der Waals surface area contributed by atoms with E-state index in [-0.39, 0.29) is 6.42 Å². The summed E-state index contributed by atoms with van der Waals surface area (Å²) in [4.78, 5) is 22.5. The highest BCUT2D eigenvalue weighted by Crippen LogP contribution is 2.09. The van der Waals surface area contributed by atoms with Crippen LogP contribution in [-0.4, -0.2) is 31.0 Å². The molecule has 5 heteroatoms. The quantitative estimate of drug-likeness (QED) is 0.208. The second-order valence-electron chi connectivity index (χ2n) is 5.14. The van der Waals surface area contributed by atoms with E-state index < -0.39 is 11.9 Å². The first kappa shape index (κ1) is 20.2. The highest BCUT2D eigenvalue weighted by atomic mass is 35.5. The van der Waals surface area contributed by atoms with E-state index in [1.807, 2.05) is 6.92 Å². The average molecular weight is 321 g/mol. The maximum atomic E-state index is 11.3. The molecule has 0 rings (SSSR count). The summed E-state index contributed by atoms with van der Waals surface area (Å²) in [5.74, 6) is -0.229. The average Bonchev–Trinajstić information content (AvgIpc) is 2.47. The molecule has 0 N–H and O–H groups in total. The fourth-order valence-electron chi connectivity index (χ4n) is 1.88. The Kier molecular flexibility index (Phi) is 15.0. The predicted octanol–water partition coefficient (Wildman–Crippen LogP) is 4.23. The number of halogens is 1. The van der Waals surface area contributed by atoms with Crippen LogP contribution in [0.1, 0.15) is 71.1 Å². The zero-order chi connectivity index (χ0) is 15.8. The molecule has 4 nitrogen and oxygen atoms in total. The van der Waals surface area contributed by atoms with Gasteiger partial charge < -0.3 is 9.47 Å². The maximum absolute atomic E-state index is 11.3. The summed E-state index contributed by atoms with van der Waals surface area (Å²) in [6.07, 6.45) is 9.61. The molecule has 0 radical (unpaired) electrons. The Morgan fingerprint density at radius 1 is 0.762 bits per heavy atom. The lowest BCUT2D eigenvalue weighted by molar-refractivity contribution is -0.154. The van der Waals surface area contributed by atoms with Crippen molar-refractivity contribution in [2.75, 3.05) is 19.1 Å². The van der Waals surface area contributed by atoms with Crippen molar-refractivity contribution in [1.29, 1.82) is 0 Å². The van der Waals surface area contributed by atoms with Crippen LogP contribution in [0.15, 0.2) is 0 Å². The fourth-order valence-corrected chi connectivity index (χ4v) is 2.07. The maximum Gasteiger partial charge on any atom is 0.317 e. The Morgan fingerprint density at radius 3 is 1.76 bits per heavy atom. The smallest absolute Gasteiger partial charge is 0.317 e. The van der Waals surface area contributed by atoms with Crippen molar-refractivity contribution < 1.29 is 19.1 Å². The third-order valence-electron chi connectivity index (χ3n) is 3.05. The first-order valence-electron chi connectivity index (χ1n) is 8.08. The summed E-state index contributed by atoms with van der Waals surface area (Å²) in [5, 5.41) is 0. The van der Waals surface area contributed by atoms with Crippen LogP contribution in [0.25, 0.3) is 0 Å². The Bertz CT molecular complexity index is 269. The molecule has 0 aliphatic rings. The summed E-state index contributed by atoms with van der Waals surface area (Å²) >= 11 is 5.61. The zero-order valence-corrected chi connectivity index (χ0v) is 14.0. The molecule has 0 heterocycles. The number of carbonyl (C=O) groups is 2. The van der Waals surface area contributed by atoms with Crippen molar-refractivity contribution in [3.05, 3.63) is 0 Å². The Hall–Kier alpha value is -0.770. The number of alkyl halides is 1. The minimum Gasteiger partial charge on any atom is -0.465 e. The van der Waals surface area contributed by atoms with Crippen molar-refractivity contribution >= 4 is 23.5 Å². The second-order valence-corrected chi connectivity index (χ2v) is 5.51. The summed E-state index contributed by atoms with van der Waals surface area (Å²) < 4.78 is 9.81. The minimum atomic E-state index is -0.501. The van der Waals surface area contributed by atoms with Crippen molar-refractivity contribution in [2.45, 2.75) is 71.1 Å². The molecule has 0 saturated heterocycles. The molecule has 21 heavy (non-hydrogen) atoms. The van der Waals surface area contributed by atoms with Crippen LogP contribution in [0.4, 0.5) is 0 Å². The molecule has 0 fully saturated rings. The van der Waals surface area contributed by atoms with E-state index in [0.717, 1.165) is 38.0 Å². The number of unbranched alkanes of at least 4 members (excludes halogenated alkanes) is 7. The fraction of sp³-hybridized carbons (Fsp3) is 0.875. The topological polar surface area (TPSA) is 52.6 Å². The van der Waals surface area contributed by atoms with E-state index in [4.69, 9.17) is 21.1 Å². The van der Waals surface area contributed by atoms with E-state index >= 15 is 0 Å². The van der Waals surface area contributed by atoms with Gasteiger partial charge in [0.25, 0.3) is 0 Å². The van der Waals surface area contributed by atoms with E-state index in [9.17, 15) is 9.59 Å². The third kappa shape index (κ3) is 15.4. The van der Waals surface area contributed by atoms with Gasteiger partial charge in [-0.1, -0.05) is 45.4 Å². The Balaban J connectivity index is 3.27. The van der Waals surface area contributed by atoms with Crippen LogP contribution in [0.2, 0.25) is 0 Å². The molecule has 0 bridgehead atoms. The number of hydrogen-bond donors (Lipinski definition) is 0. The molecule has 0 aromatic rings. The zero-order valence-electron chi connectivity index (χ0n) is 13.2. The van der Waals surface area contributed by atoms with Crippen molar-refractivity contribution in [2.24, 2.45) is 0 Å². The van der Waals surface area contributed by atoms with Crippen LogP contribution in [0, 0.1) is 0 Å². The van der Waals surface area contributed by atoms with Gasteiger partial charge in [0.05, 0.1) is 13.2 Å². The van der Waals surface area contributed by atoms with Gasteiger partial charge in [-0.15, -0.1) is 11.6 Å². The van der Waals surface area contributed by atoms with Crippen molar-refractivity contribution in [3.63, 3.8) is 0 Å². The van der Waals surface area contributed by atoms with Gasteiger partial charge in [-0.3, -0.25) is 9.59 Å². The second kappa shape index (κ2) is 15.6. The molecule has 0 unspecified atom stereocenters. The van der Waals surface area contributed by atoms with Gasteiger partial charge in [0.2, 0.25) is 0 Å². The molecule has 0 aliphatic heterocycles. The van der Waals surface area contributed by atoms with Gasteiger partial charge in [-0.05, 0) is 19.3 Å². The third-order valence-corrected chi connectivity index (χ3v) is 3.31. The monoisotopic (exact) mass is 320 g/mol. The highest BCUT2D eigenvalue weighted by Gasteiger charge is 2.11. The SMILES string of the molecule is CCCOC(=O)CC(=O)OCCCCCCCCCCCl. The number of ether oxygens (including phenoxy) is 2. The molecular weight excluding hydrogens is 292 g/mol. The van der Waals surface area contributed by atoms with Gasteiger partial charge in [-0.2, -0.15) is 0 Å². The lowest BCUT2D eigenvalue weighted by Gasteiger charge is -2.05. The first-order chi connectivity index (χ1) is 10.2. The summed E-state index contributed by atoms with van der Waals surface area (Å²) in [7, 11) is 0.